The molecule has 0 spiro atoms. The van der Waals surface area contributed by atoms with Gasteiger partial charge in [0.05, 0.1) is 10.4 Å². The maximum Gasteiger partial charge on any atom is 0.338 e. The Labute approximate surface area is 137 Å². The summed E-state index contributed by atoms with van der Waals surface area (Å²) in [7, 11) is 0. The van der Waals surface area contributed by atoms with Gasteiger partial charge in [-0.05, 0) is 43.5 Å². The first-order chi connectivity index (χ1) is 10.4. The van der Waals surface area contributed by atoms with E-state index in [4.69, 9.17) is 21.1 Å². The second kappa shape index (κ2) is 5.57. The van der Waals surface area contributed by atoms with Gasteiger partial charge in [0.25, 0.3) is 0 Å². The van der Waals surface area contributed by atoms with E-state index in [2.05, 4.69) is 0 Å². The van der Waals surface area contributed by atoms with Gasteiger partial charge >= 0.3 is 5.97 Å². The minimum absolute atomic E-state index is 0.349. The van der Waals surface area contributed by atoms with E-state index < -0.39 is 23.8 Å². The lowest BCUT2D eigenvalue weighted by atomic mass is 9.92. The van der Waals surface area contributed by atoms with Gasteiger partial charge < -0.3 is 14.6 Å². The summed E-state index contributed by atoms with van der Waals surface area (Å²) < 4.78 is 11.3. The number of fused-ring (bicyclic) bond motifs is 1. The van der Waals surface area contributed by atoms with Gasteiger partial charge in [-0.1, -0.05) is 17.7 Å². The van der Waals surface area contributed by atoms with Crippen LogP contribution in [0.1, 0.15) is 35.2 Å². The Balaban J connectivity index is 1.90. The summed E-state index contributed by atoms with van der Waals surface area (Å²) in [6, 6.07) is 8.34. The monoisotopic (exact) mass is 338 g/mol. The van der Waals surface area contributed by atoms with Crippen molar-refractivity contribution in [2.75, 3.05) is 0 Å². The van der Waals surface area contributed by atoms with Crippen LogP contribution in [-0.4, -0.2) is 22.8 Å². The fraction of sp³-hybridized carbons (Fsp3) is 0.312. The summed E-state index contributed by atoms with van der Waals surface area (Å²) in [4.78, 5) is 13.0. The van der Waals surface area contributed by atoms with Crippen LogP contribution in [0.5, 0.6) is 5.75 Å². The van der Waals surface area contributed by atoms with Crippen LogP contribution >= 0.6 is 22.9 Å². The van der Waals surface area contributed by atoms with E-state index >= 15 is 0 Å². The summed E-state index contributed by atoms with van der Waals surface area (Å²) in [5, 5.41) is 12.8. The number of carbonyl (C=O) groups excluding carboxylic acids is 1. The highest BCUT2D eigenvalue weighted by Crippen LogP contribution is 2.44. The Bertz CT molecular complexity index is 710. The lowest BCUT2D eigenvalue weighted by Gasteiger charge is -2.39. The molecule has 0 bridgehead atoms. The molecule has 2 atom stereocenters. The van der Waals surface area contributed by atoms with E-state index in [0.717, 1.165) is 0 Å². The average molecular weight is 339 g/mol. The van der Waals surface area contributed by atoms with Crippen LogP contribution in [0.2, 0.25) is 5.02 Å². The highest BCUT2D eigenvalue weighted by Gasteiger charge is 2.45. The number of hydrogen-bond acceptors (Lipinski definition) is 5. The van der Waals surface area contributed by atoms with Crippen LogP contribution in [0.15, 0.2) is 35.7 Å². The molecule has 116 valence electrons. The molecule has 22 heavy (non-hydrogen) atoms. The predicted molar refractivity (Wildman–Crippen MR) is 84.6 cm³/mol. The van der Waals surface area contributed by atoms with Gasteiger partial charge in [0.1, 0.15) is 17.5 Å². The molecule has 0 saturated carbocycles. The number of rotatable bonds is 2. The van der Waals surface area contributed by atoms with E-state index in [9.17, 15) is 9.90 Å². The summed E-state index contributed by atoms with van der Waals surface area (Å²) in [5.74, 6) is 0.118. The van der Waals surface area contributed by atoms with Gasteiger partial charge in [-0.15, -0.1) is 11.3 Å². The number of hydrogen-bond donors (Lipinski definition) is 1. The van der Waals surface area contributed by atoms with Gasteiger partial charge in [-0.3, -0.25) is 0 Å². The van der Waals surface area contributed by atoms with Gasteiger partial charge in [-0.25, -0.2) is 4.79 Å². The summed E-state index contributed by atoms with van der Waals surface area (Å²) in [6.07, 6.45) is -1.72. The number of ether oxygens (including phenoxy) is 2. The Hall–Kier alpha value is -1.56. The number of aliphatic hydroxyl groups excluding tert-OH is 1. The van der Waals surface area contributed by atoms with Crippen molar-refractivity contribution in [2.45, 2.75) is 31.7 Å². The third-order valence-electron chi connectivity index (χ3n) is 3.58. The summed E-state index contributed by atoms with van der Waals surface area (Å²) >= 11 is 7.28. The highest BCUT2D eigenvalue weighted by molar-refractivity contribution is 7.10. The molecule has 0 aliphatic carbocycles. The molecule has 1 aromatic heterocycles. The van der Waals surface area contributed by atoms with Crippen molar-refractivity contribution < 1.29 is 19.4 Å². The van der Waals surface area contributed by atoms with Crippen LogP contribution in [-0.2, 0) is 4.74 Å². The van der Waals surface area contributed by atoms with E-state index in [-0.39, 0.29) is 0 Å². The molecule has 1 aliphatic rings. The largest absolute Gasteiger partial charge is 0.484 e. The second-order valence-corrected chi connectivity index (χ2v) is 7.02. The molecule has 6 heteroatoms. The second-order valence-electron chi connectivity index (χ2n) is 5.64. The van der Waals surface area contributed by atoms with Crippen LogP contribution in [0, 0.1) is 0 Å². The first kappa shape index (κ1) is 15.3. The van der Waals surface area contributed by atoms with Crippen LogP contribution in [0.3, 0.4) is 0 Å². The molecule has 1 aliphatic heterocycles. The third-order valence-corrected chi connectivity index (χ3v) is 4.78. The van der Waals surface area contributed by atoms with Crippen LogP contribution in [0.25, 0.3) is 0 Å². The lowest BCUT2D eigenvalue weighted by Crippen LogP contribution is -2.49. The number of thiophene rings is 1. The number of benzene rings is 1. The number of aliphatic hydroxyl groups is 1. The van der Waals surface area contributed by atoms with Crippen molar-refractivity contribution in [1.82, 2.24) is 0 Å². The molecular weight excluding hydrogens is 324 g/mol. The third kappa shape index (κ3) is 2.72. The van der Waals surface area contributed by atoms with Crippen molar-refractivity contribution >= 4 is 28.9 Å². The first-order valence-corrected chi connectivity index (χ1v) is 8.05. The Kier molecular flexibility index (Phi) is 3.89. The Morgan fingerprint density at radius 2 is 2.18 bits per heavy atom. The fourth-order valence-electron chi connectivity index (χ4n) is 2.37. The van der Waals surface area contributed by atoms with Crippen LogP contribution < -0.4 is 4.74 Å². The lowest BCUT2D eigenvalue weighted by molar-refractivity contribution is -0.114. The summed E-state index contributed by atoms with van der Waals surface area (Å²) in [6.45, 7) is 3.52. The van der Waals surface area contributed by atoms with E-state index in [1.54, 1.807) is 32.0 Å². The van der Waals surface area contributed by atoms with Crippen molar-refractivity contribution in [3.05, 3.63) is 51.2 Å². The first-order valence-electron chi connectivity index (χ1n) is 6.79. The molecule has 0 fully saturated rings. The van der Waals surface area contributed by atoms with Crippen molar-refractivity contribution in [2.24, 2.45) is 0 Å². The van der Waals surface area contributed by atoms with Gasteiger partial charge in [0, 0.05) is 5.02 Å². The molecule has 1 N–H and O–H groups in total. The summed E-state index contributed by atoms with van der Waals surface area (Å²) in [5.41, 5.74) is -0.491. The minimum Gasteiger partial charge on any atom is -0.484 e. The van der Waals surface area contributed by atoms with Gasteiger partial charge in [0.2, 0.25) is 0 Å². The molecular formula is C16H15ClO4S. The molecule has 1 aromatic carbocycles. The van der Waals surface area contributed by atoms with E-state index in [1.807, 2.05) is 11.4 Å². The van der Waals surface area contributed by atoms with E-state index in [0.29, 0.717) is 21.2 Å². The number of esters is 1. The topological polar surface area (TPSA) is 55.8 Å². The molecule has 3 rings (SSSR count). The normalized spacial score (nSPS) is 22.5. The maximum absolute atomic E-state index is 12.3. The zero-order chi connectivity index (χ0) is 15.9. The molecule has 0 unspecified atom stereocenters. The fourth-order valence-corrected chi connectivity index (χ4v) is 3.43. The van der Waals surface area contributed by atoms with Gasteiger partial charge in [-0.2, -0.15) is 0 Å². The van der Waals surface area contributed by atoms with Crippen molar-refractivity contribution in [3.8, 4) is 5.75 Å². The molecule has 4 nitrogen and oxygen atoms in total. The molecule has 2 aromatic rings. The predicted octanol–water partition coefficient (Wildman–Crippen LogP) is 3.83. The number of carbonyl (C=O) groups is 1. The molecule has 0 radical (unpaired) electrons. The number of halogens is 1. The zero-order valence-electron chi connectivity index (χ0n) is 12.1. The quantitative estimate of drug-likeness (QED) is 0.845. The Morgan fingerprint density at radius 3 is 2.91 bits per heavy atom. The van der Waals surface area contributed by atoms with Crippen LogP contribution in [0.4, 0.5) is 0 Å². The highest BCUT2D eigenvalue weighted by atomic mass is 35.5. The minimum atomic E-state index is -0.957. The standard InChI is InChI=1S/C16H15ClO4S/c1-16(2)14(18)12(13-11(21-16)6-7-22-13)20-15(19)9-4-3-5-10(17)8-9/h3-8,12,14,18H,1-2H3/t12-,14+/m1/s1. The van der Waals surface area contributed by atoms with Crippen molar-refractivity contribution in [3.63, 3.8) is 0 Å². The smallest absolute Gasteiger partial charge is 0.338 e. The zero-order valence-corrected chi connectivity index (χ0v) is 13.6. The Morgan fingerprint density at radius 1 is 1.41 bits per heavy atom. The molecule has 0 saturated heterocycles. The van der Waals surface area contributed by atoms with Crippen molar-refractivity contribution in [1.29, 1.82) is 0 Å². The molecule has 2 heterocycles. The average Bonchev–Trinajstić information content (AvgIpc) is 2.90. The van der Waals surface area contributed by atoms with E-state index in [1.165, 1.54) is 17.4 Å². The van der Waals surface area contributed by atoms with Gasteiger partial charge in [0.15, 0.2) is 6.10 Å². The maximum atomic E-state index is 12.3. The molecule has 0 amide bonds. The SMILES string of the molecule is CC1(C)Oc2ccsc2[C@@H](OC(=O)c2cccc(Cl)c2)[C@@H]1O.